The summed E-state index contributed by atoms with van der Waals surface area (Å²) in [5, 5.41) is 2.18. The van der Waals surface area contributed by atoms with Crippen molar-refractivity contribution in [2.45, 2.75) is 0 Å². The third-order valence-electron chi connectivity index (χ3n) is 13.2. The van der Waals surface area contributed by atoms with Crippen LogP contribution in [0.4, 0.5) is 0 Å². The Morgan fingerprint density at radius 3 is 1.57 bits per heavy atom. The Balaban J connectivity index is 0.00000530. The first kappa shape index (κ1) is 44.3. The zero-order valence-electron chi connectivity index (χ0n) is 38.8. The van der Waals surface area contributed by atoms with Crippen LogP contribution in [0, 0.1) is 18.5 Å². The maximum absolute atomic E-state index is 7.01. The first-order valence-corrected chi connectivity index (χ1v) is 23.8. The van der Waals surface area contributed by atoms with Gasteiger partial charge < -0.3 is 13.9 Å². The third-order valence-corrected chi connectivity index (χ3v) is 13.2. The Hall–Kier alpha value is -8.89. The van der Waals surface area contributed by atoms with Crippen molar-refractivity contribution in [2.75, 3.05) is 0 Å². The molecule has 6 heteroatoms. The summed E-state index contributed by atoms with van der Waals surface area (Å²) in [6.45, 7) is 0. The predicted molar refractivity (Wildman–Crippen MR) is 287 cm³/mol. The van der Waals surface area contributed by atoms with Gasteiger partial charge in [0, 0.05) is 44.3 Å². The van der Waals surface area contributed by atoms with Crippen molar-refractivity contribution in [3.8, 4) is 84.3 Å². The molecule has 5 nitrogen and oxygen atoms in total. The Morgan fingerprint density at radius 2 is 0.944 bits per heavy atom. The average molecular weight is 1100 g/mol. The van der Waals surface area contributed by atoms with Crippen molar-refractivity contribution in [3.05, 3.63) is 273 Å². The van der Waals surface area contributed by atoms with Crippen LogP contribution in [0.3, 0.4) is 0 Å². The second kappa shape index (κ2) is 19.1. The van der Waals surface area contributed by atoms with E-state index in [-0.39, 0.29) is 21.1 Å². The van der Waals surface area contributed by atoms with Crippen molar-refractivity contribution < 1.29 is 30.4 Å². The van der Waals surface area contributed by atoms with Crippen LogP contribution in [0.5, 0.6) is 11.5 Å². The molecule has 13 rings (SSSR count). The summed E-state index contributed by atoms with van der Waals surface area (Å²) in [6, 6.07) is 94.4. The van der Waals surface area contributed by atoms with Crippen LogP contribution in [-0.2, 0) is 21.1 Å². The van der Waals surface area contributed by atoms with Crippen molar-refractivity contribution in [1.82, 2.24) is 14.1 Å². The number of imidazole rings is 1. The molecule has 13 aromatic rings. The second-order valence-electron chi connectivity index (χ2n) is 17.6. The molecule has 0 radical (unpaired) electrons. The van der Waals surface area contributed by atoms with Gasteiger partial charge in [-0.15, -0.1) is 35.2 Å². The fraction of sp³-hybridized carbons (Fsp3) is 0. The van der Waals surface area contributed by atoms with Crippen LogP contribution in [0.2, 0.25) is 0 Å². The standard InChI is InChI=1S/C66H42N4O.Pt/c1-5-20-46(21-6-1)50-38-51(47-22-7-2-8-23-47)40-52(39-50)53-41-54(43-56(42-53)71-55-35-36-60-59-28-13-14-31-61(59)70(64(60)44-55)65-34-17-18-37-67-65)68-45-69(63-33-16-15-32-62(63)68)66-57(48-24-9-3-10-25-48)29-19-30-58(66)49-26-11-4-12-27-49;/h1-42H;/q-2;. The summed E-state index contributed by atoms with van der Waals surface area (Å²) in [5.41, 5.74) is 16.6. The minimum absolute atomic E-state index is 0. The van der Waals surface area contributed by atoms with E-state index in [9.17, 15) is 0 Å². The maximum atomic E-state index is 7.01. The molecule has 0 atom stereocenters. The minimum atomic E-state index is 0. The van der Waals surface area contributed by atoms with Gasteiger partial charge in [-0.3, -0.25) is 4.57 Å². The van der Waals surface area contributed by atoms with E-state index in [0.29, 0.717) is 11.5 Å². The van der Waals surface area contributed by atoms with Gasteiger partial charge >= 0.3 is 0 Å². The molecular weight excluding hydrogens is 1060 g/mol. The molecule has 3 aromatic heterocycles. The molecule has 0 bridgehead atoms. The number of hydrogen-bond donors (Lipinski definition) is 0. The van der Waals surface area contributed by atoms with Crippen LogP contribution >= 0.6 is 0 Å². The smallest absolute Gasteiger partial charge is 0.268 e. The van der Waals surface area contributed by atoms with Crippen molar-refractivity contribution in [3.63, 3.8) is 0 Å². The number of pyridine rings is 1. The van der Waals surface area contributed by atoms with E-state index in [2.05, 4.69) is 257 Å². The quantitative estimate of drug-likeness (QED) is 0.101. The second-order valence-corrected chi connectivity index (χ2v) is 17.6. The number of ether oxygens (including phenoxy) is 1. The number of fused-ring (bicyclic) bond motifs is 4. The molecule has 0 saturated carbocycles. The molecule has 0 aliphatic heterocycles. The molecule has 3 heterocycles. The monoisotopic (exact) mass is 1100 g/mol. The fourth-order valence-electron chi connectivity index (χ4n) is 9.93. The van der Waals surface area contributed by atoms with Gasteiger partial charge in [0.25, 0.3) is 6.33 Å². The number of nitrogens with zero attached hydrogens (tertiary/aromatic N) is 4. The maximum Gasteiger partial charge on any atom is 0.268 e. The predicted octanol–water partition coefficient (Wildman–Crippen LogP) is 15.9. The first-order chi connectivity index (χ1) is 35.2. The van der Waals surface area contributed by atoms with Gasteiger partial charge in [0.1, 0.15) is 5.82 Å². The van der Waals surface area contributed by atoms with Gasteiger partial charge in [0.15, 0.2) is 0 Å². The number of benzene rings is 10. The van der Waals surface area contributed by atoms with Gasteiger partial charge in [-0.1, -0.05) is 194 Å². The summed E-state index contributed by atoms with van der Waals surface area (Å²) < 4.78 is 13.5. The van der Waals surface area contributed by atoms with Crippen LogP contribution in [0.25, 0.3) is 106 Å². The molecule has 0 saturated heterocycles. The molecule has 344 valence electrons. The summed E-state index contributed by atoms with van der Waals surface area (Å²) in [7, 11) is 0. The van der Waals surface area contributed by atoms with E-state index in [1.54, 1.807) is 0 Å². The van der Waals surface area contributed by atoms with Gasteiger partial charge in [-0.25, -0.2) is 4.98 Å². The van der Waals surface area contributed by atoms with Crippen molar-refractivity contribution in [1.29, 1.82) is 0 Å². The largest absolute Gasteiger partial charge is 0.510 e. The Labute approximate surface area is 432 Å². The van der Waals surface area contributed by atoms with Crippen molar-refractivity contribution in [2.24, 2.45) is 0 Å². The van der Waals surface area contributed by atoms with E-state index in [1.807, 2.05) is 30.5 Å². The first-order valence-electron chi connectivity index (χ1n) is 23.8. The summed E-state index contributed by atoms with van der Waals surface area (Å²) in [4.78, 5) is 4.76. The Morgan fingerprint density at radius 1 is 0.403 bits per heavy atom. The zero-order chi connectivity index (χ0) is 47.1. The van der Waals surface area contributed by atoms with Crippen molar-refractivity contribution >= 4 is 32.8 Å². The Kier molecular flexibility index (Phi) is 11.8. The van der Waals surface area contributed by atoms with Crippen LogP contribution in [-0.4, -0.2) is 14.1 Å². The molecule has 10 aromatic carbocycles. The number of para-hydroxylation sites is 4. The molecular formula is C66H42N4OPt-2. The van der Waals surface area contributed by atoms with E-state index in [0.717, 1.165) is 106 Å². The molecule has 0 N–H and O–H groups in total. The van der Waals surface area contributed by atoms with E-state index >= 15 is 0 Å². The zero-order valence-corrected chi connectivity index (χ0v) is 41.0. The fourth-order valence-corrected chi connectivity index (χ4v) is 9.93. The van der Waals surface area contributed by atoms with E-state index in [4.69, 9.17) is 9.72 Å². The average Bonchev–Trinajstić information content (AvgIpc) is 4.00. The summed E-state index contributed by atoms with van der Waals surface area (Å²) >= 11 is 0. The molecule has 0 aliphatic carbocycles. The molecule has 0 unspecified atom stereocenters. The third kappa shape index (κ3) is 8.20. The number of rotatable bonds is 10. The molecule has 0 aliphatic rings. The van der Waals surface area contributed by atoms with E-state index < -0.39 is 0 Å². The normalized spacial score (nSPS) is 11.2. The summed E-state index contributed by atoms with van der Waals surface area (Å²) in [5.74, 6) is 1.90. The number of hydrogen-bond acceptors (Lipinski definition) is 2. The Bertz CT molecular complexity index is 3940. The van der Waals surface area contributed by atoms with E-state index in [1.165, 1.54) is 0 Å². The topological polar surface area (TPSA) is 35.9 Å². The van der Waals surface area contributed by atoms with Gasteiger partial charge in [0.05, 0.1) is 16.7 Å². The van der Waals surface area contributed by atoms with Gasteiger partial charge in [-0.05, 0) is 97.5 Å². The molecule has 0 spiro atoms. The minimum Gasteiger partial charge on any atom is -0.510 e. The SMILES string of the molecule is [Pt].[c-]1c(Oc2[c-]c3c(cc2)c2ccccc2n3-c2ccccn2)cc(-c2cc(-c3ccccc3)cc(-c3ccccc3)c2)cc1-n1[c-][n+](-c2c(-c3ccccc3)cccc2-c2ccccc2)c2ccccc21. The van der Waals surface area contributed by atoms with Gasteiger partial charge in [0.2, 0.25) is 0 Å². The molecule has 72 heavy (non-hydrogen) atoms. The molecule has 0 fully saturated rings. The number of aromatic nitrogens is 4. The van der Waals surface area contributed by atoms with Gasteiger partial charge in [-0.2, -0.15) is 12.1 Å². The summed E-state index contributed by atoms with van der Waals surface area (Å²) in [6.07, 6.45) is 5.70. The van der Waals surface area contributed by atoms with Crippen LogP contribution < -0.4 is 9.30 Å². The van der Waals surface area contributed by atoms with Crippen LogP contribution in [0.15, 0.2) is 255 Å². The van der Waals surface area contributed by atoms with Crippen LogP contribution in [0.1, 0.15) is 0 Å². The molecule has 0 amide bonds.